The Kier molecular flexibility index (Phi) is 5.33. The molecule has 12 heteroatoms. The average Bonchev–Trinajstić information content (AvgIpc) is 3.53. The molecule has 5 aromatic rings. The summed E-state index contributed by atoms with van der Waals surface area (Å²) < 4.78 is 50.8. The molecule has 0 radical (unpaired) electrons. The number of nitrogens with one attached hydrogen (secondary N) is 1. The molecule has 0 aliphatic rings. The zero-order chi connectivity index (χ0) is 24.0. The lowest BCUT2D eigenvalue weighted by Gasteiger charge is -2.14. The van der Waals surface area contributed by atoms with E-state index in [0.29, 0.717) is 0 Å². The van der Waals surface area contributed by atoms with Gasteiger partial charge in [0, 0.05) is 42.5 Å². The van der Waals surface area contributed by atoms with Gasteiger partial charge in [0.2, 0.25) is 0 Å². The van der Waals surface area contributed by atoms with Crippen LogP contribution >= 0.6 is 11.3 Å². The third kappa shape index (κ3) is 3.90. The van der Waals surface area contributed by atoms with Crippen molar-refractivity contribution in [3.05, 3.63) is 82.2 Å². The Balaban J connectivity index is 1.56. The summed E-state index contributed by atoms with van der Waals surface area (Å²) >= 11 is 1.06. The van der Waals surface area contributed by atoms with Crippen LogP contribution in [0.15, 0.2) is 74.3 Å². The Morgan fingerprint density at radius 3 is 2.74 bits per heavy atom. The molecule has 0 saturated heterocycles. The van der Waals surface area contributed by atoms with E-state index in [-0.39, 0.29) is 16.2 Å². The number of sulfonamides is 1. The molecule has 1 atom stereocenters. The number of hydrogen-bond acceptors (Lipinski definition) is 7. The Morgan fingerprint density at radius 1 is 1.21 bits per heavy atom. The number of rotatable bonds is 6. The van der Waals surface area contributed by atoms with Crippen molar-refractivity contribution in [2.45, 2.75) is 17.9 Å². The standard InChI is InChI=1S/C22H18FN5O4S2/c1-13(14-4-3-5-15(10-14)17-6-8-27(2)25-17)28-18-11-16(23)20(12-19(18)32-22(28)29)34(30,31)26-21-24-7-9-33-21/h3-13H,1-2H3,(H,24,26). The van der Waals surface area contributed by atoms with Gasteiger partial charge >= 0.3 is 5.76 Å². The zero-order valence-electron chi connectivity index (χ0n) is 18.0. The molecule has 0 saturated carbocycles. The Hall–Kier alpha value is -3.77. The SMILES string of the molecule is CC(c1cccc(-c2ccn(C)n2)c1)n1c(=O)oc2cc(S(=O)(=O)Nc3nccs3)c(F)cc21. The van der Waals surface area contributed by atoms with Gasteiger partial charge in [-0.2, -0.15) is 5.10 Å². The fourth-order valence-electron chi connectivity index (χ4n) is 3.73. The van der Waals surface area contributed by atoms with Gasteiger partial charge in [-0.3, -0.25) is 14.0 Å². The number of nitrogens with zero attached hydrogens (tertiary/aromatic N) is 4. The van der Waals surface area contributed by atoms with Crippen molar-refractivity contribution < 1.29 is 17.2 Å². The van der Waals surface area contributed by atoms with Crippen molar-refractivity contribution in [3.8, 4) is 11.3 Å². The predicted molar refractivity (Wildman–Crippen MR) is 126 cm³/mol. The van der Waals surface area contributed by atoms with Crippen LogP contribution in [0.3, 0.4) is 0 Å². The lowest BCUT2D eigenvalue weighted by atomic mass is 10.0. The third-order valence-corrected chi connectivity index (χ3v) is 7.55. The molecular weight excluding hydrogens is 481 g/mol. The molecule has 0 aliphatic heterocycles. The molecule has 0 fully saturated rings. The van der Waals surface area contributed by atoms with Crippen LogP contribution in [-0.2, 0) is 17.1 Å². The third-order valence-electron chi connectivity index (χ3n) is 5.38. The summed E-state index contributed by atoms with van der Waals surface area (Å²) in [6.45, 7) is 1.78. The molecule has 9 nitrogen and oxygen atoms in total. The van der Waals surface area contributed by atoms with E-state index in [4.69, 9.17) is 4.42 Å². The summed E-state index contributed by atoms with van der Waals surface area (Å²) in [7, 11) is -2.45. The van der Waals surface area contributed by atoms with Crippen LogP contribution < -0.4 is 10.5 Å². The number of hydrogen-bond donors (Lipinski definition) is 1. The first kappa shape index (κ1) is 22.0. The highest BCUT2D eigenvalue weighted by Crippen LogP contribution is 2.29. The van der Waals surface area contributed by atoms with Crippen LogP contribution in [0.2, 0.25) is 0 Å². The second-order valence-corrected chi connectivity index (χ2v) is 10.2. The second kappa shape index (κ2) is 8.22. The van der Waals surface area contributed by atoms with E-state index in [9.17, 15) is 17.6 Å². The fourth-order valence-corrected chi connectivity index (χ4v) is 5.59. The van der Waals surface area contributed by atoms with Crippen LogP contribution in [0.4, 0.5) is 9.52 Å². The molecule has 0 aliphatic carbocycles. The van der Waals surface area contributed by atoms with Crippen molar-refractivity contribution >= 4 is 37.6 Å². The maximum Gasteiger partial charge on any atom is 0.420 e. The van der Waals surface area contributed by atoms with Gasteiger partial charge in [0.15, 0.2) is 10.7 Å². The molecular formula is C22H18FN5O4S2. The van der Waals surface area contributed by atoms with Crippen molar-refractivity contribution in [2.75, 3.05) is 4.72 Å². The minimum atomic E-state index is -4.27. The van der Waals surface area contributed by atoms with E-state index < -0.39 is 32.5 Å². The maximum atomic E-state index is 15.0. The average molecular weight is 500 g/mol. The molecule has 5 rings (SSSR count). The van der Waals surface area contributed by atoms with Crippen LogP contribution in [-0.4, -0.2) is 27.7 Å². The van der Waals surface area contributed by atoms with Gasteiger partial charge in [0.05, 0.1) is 17.3 Å². The minimum absolute atomic E-state index is 0.0429. The first-order chi connectivity index (χ1) is 16.2. The van der Waals surface area contributed by atoms with Crippen molar-refractivity contribution in [1.82, 2.24) is 19.3 Å². The van der Waals surface area contributed by atoms with E-state index in [1.807, 2.05) is 43.6 Å². The molecule has 174 valence electrons. The predicted octanol–water partition coefficient (Wildman–Crippen LogP) is 4.00. The van der Waals surface area contributed by atoms with Crippen LogP contribution in [0.5, 0.6) is 0 Å². The zero-order valence-corrected chi connectivity index (χ0v) is 19.6. The number of thiazole rings is 1. The molecule has 3 heterocycles. The topological polar surface area (TPSA) is 112 Å². The van der Waals surface area contributed by atoms with Gasteiger partial charge < -0.3 is 4.42 Å². The highest BCUT2D eigenvalue weighted by Gasteiger charge is 2.25. The number of halogens is 1. The van der Waals surface area contributed by atoms with Crippen LogP contribution in [0, 0.1) is 5.82 Å². The molecule has 0 bridgehead atoms. The summed E-state index contributed by atoms with van der Waals surface area (Å²) in [6, 6.07) is 10.8. The summed E-state index contributed by atoms with van der Waals surface area (Å²) in [5.41, 5.74) is 2.51. The first-order valence-corrected chi connectivity index (χ1v) is 12.5. The number of anilines is 1. The lowest BCUT2D eigenvalue weighted by Crippen LogP contribution is -2.19. The van der Waals surface area contributed by atoms with Gasteiger partial charge in [-0.25, -0.2) is 22.6 Å². The van der Waals surface area contributed by atoms with Crippen molar-refractivity contribution in [3.63, 3.8) is 0 Å². The van der Waals surface area contributed by atoms with E-state index in [0.717, 1.165) is 40.3 Å². The normalized spacial score (nSPS) is 12.8. The number of aromatic nitrogens is 4. The van der Waals surface area contributed by atoms with E-state index in [2.05, 4.69) is 14.8 Å². The number of oxazole rings is 1. The van der Waals surface area contributed by atoms with Crippen molar-refractivity contribution in [1.29, 1.82) is 0 Å². The molecule has 2 aromatic carbocycles. The molecule has 1 unspecified atom stereocenters. The highest BCUT2D eigenvalue weighted by molar-refractivity contribution is 7.93. The Labute approximate surface area is 197 Å². The van der Waals surface area contributed by atoms with E-state index in [1.54, 1.807) is 17.0 Å². The number of benzene rings is 2. The second-order valence-electron chi connectivity index (χ2n) is 7.61. The van der Waals surface area contributed by atoms with E-state index >= 15 is 0 Å². The molecule has 0 spiro atoms. The highest BCUT2D eigenvalue weighted by atomic mass is 32.2. The Morgan fingerprint density at radius 2 is 2.03 bits per heavy atom. The molecule has 1 N–H and O–H groups in total. The molecule has 0 amide bonds. The van der Waals surface area contributed by atoms with Gasteiger partial charge in [0.1, 0.15) is 10.7 Å². The number of fused-ring (bicyclic) bond motifs is 1. The first-order valence-electron chi connectivity index (χ1n) is 10.1. The summed E-state index contributed by atoms with van der Waals surface area (Å²) in [4.78, 5) is 15.9. The molecule has 3 aromatic heterocycles. The molecule has 34 heavy (non-hydrogen) atoms. The van der Waals surface area contributed by atoms with E-state index in [1.165, 1.54) is 10.8 Å². The van der Waals surface area contributed by atoms with Gasteiger partial charge in [-0.05, 0) is 24.6 Å². The van der Waals surface area contributed by atoms with Gasteiger partial charge in [0.25, 0.3) is 10.0 Å². The number of aryl methyl sites for hydroxylation is 1. The smallest absolute Gasteiger partial charge is 0.408 e. The Bertz CT molecular complexity index is 1670. The largest absolute Gasteiger partial charge is 0.420 e. The fraction of sp³-hybridized carbons (Fsp3) is 0.136. The van der Waals surface area contributed by atoms with Gasteiger partial charge in [-0.15, -0.1) is 11.3 Å². The van der Waals surface area contributed by atoms with Crippen LogP contribution in [0.25, 0.3) is 22.4 Å². The lowest BCUT2D eigenvalue weighted by molar-refractivity contribution is 0.489. The minimum Gasteiger partial charge on any atom is -0.408 e. The van der Waals surface area contributed by atoms with Crippen LogP contribution in [0.1, 0.15) is 18.5 Å². The quantitative estimate of drug-likeness (QED) is 0.378. The van der Waals surface area contributed by atoms with Gasteiger partial charge in [-0.1, -0.05) is 18.2 Å². The van der Waals surface area contributed by atoms with Crippen molar-refractivity contribution in [2.24, 2.45) is 7.05 Å². The summed E-state index contributed by atoms with van der Waals surface area (Å²) in [5, 5.41) is 6.08. The summed E-state index contributed by atoms with van der Waals surface area (Å²) in [5.74, 6) is -1.74. The maximum absolute atomic E-state index is 15.0. The summed E-state index contributed by atoms with van der Waals surface area (Å²) in [6.07, 6.45) is 3.25. The monoisotopic (exact) mass is 499 g/mol.